The van der Waals surface area contributed by atoms with Gasteiger partial charge in [0.2, 0.25) is 0 Å². The molecule has 0 atom stereocenters. The standard InChI is InChI=1S/C28H31N3OS/c1-17-8-11-22(14-19(17)3)27-26(30-20(4)33-27)28(32)31(16-21-9-10-21)13-12-23-15-29-25-18(2)6-5-7-24(23)25/h5-8,11,14-15,21,29H,9-10,12-13,16H2,1-4H3. The third-order valence-corrected chi connectivity index (χ3v) is 7.85. The maximum atomic E-state index is 13.8. The Kier molecular flexibility index (Phi) is 5.83. The molecule has 4 nitrogen and oxygen atoms in total. The summed E-state index contributed by atoms with van der Waals surface area (Å²) in [6, 6.07) is 12.8. The van der Waals surface area contributed by atoms with E-state index in [-0.39, 0.29) is 5.91 Å². The van der Waals surface area contributed by atoms with Crippen LogP contribution in [0.25, 0.3) is 21.3 Å². The highest BCUT2D eigenvalue weighted by Crippen LogP contribution is 2.34. The van der Waals surface area contributed by atoms with Crippen LogP contribution in [0.1, 0.15) is 50.6 Å². The molecule has 0 bridgehead atoms. The number of fused-ring (bicyclic) bond motifs is 1. The van der Waals surface area contributed by atoms with Crippen molar-refractivity contribution in [1.82, 2.24) is 14.9 Å². The van der Waals surface area contributed by atoms with Gasteiger partial charge >= 0.3 is 0 Å². The fourth-order valence-corrected chi connectivity index (χ4v) is 5.42. The molecule has 1 aliphatic carbocycles. The van der Waals surface area contributed by atoms with Crippen LogP contribution < -0.4 is 0 Å². The summed E-state index contributed by atoms with van der Waals surface area (Å²) >= 11 is 1.62. The lowest BCUT2D eigenvalue weighted by Gasteiger charge is -2.22. The lowest BCUT2D eigenvalue weighted by atomic mass is 10.0. The maximum Gasteiger partial charge on any atom is 0.274 e. The van der Waals surface area contributed by atoms with Gasteiger partial charge in [0.15, 0.2) is 0 Å². The molecule has 5 rings (SSSR count). The number of carbonyl (C=O) groups is 1. The average molecular weight is 458 g/mol. The van der Waals surface area contributed by atoms with E-state index in [9.17, 15) is 4.79 Å². The maximum absolute atomic E-state index is 13.8. The SMILES string of the molecule is Cc1nc(C(=O)N(CCc2c[nH]c3c(C)cccc23)CC2CC2)c(-c2ccc(C)c(C)c2)s1. The van der Waals surface area contributed by atoms with Crippen LogP contribution in [0.2, 0.25) is 0 Å². The Balaban J connectivity index is 1.43. The number of hydrogen-bond donors (Lipinski definition) is 1. The average Bonchev–Trinajstić information content (AvgIpc) is 3.38. The molecule has 1 amide bonds. The van der Waals surface area contributed by atoms with Crippen LogP contribution in [0.5, 0.6) is 0 Å². The smallest absolute Gasteiger partial charge is 0.274 e. The molecule has 1 fully saturated rings. The van der Waals surface area contributed by atoms with Crippen molar-refractivity contribution in [2.75, 3.05) is 13.1 Å². The number of amides is 1. The van der Waals surface area contributed by atoms with Gasteiger partial charge in [0.25, 0.3) is 5.91 Å². The number of aryl methyl sites for hydroxylation is 4. The summed E-state index contributed by atoms with van der Waals surface area (Å²) in [5.74, 6) is 0.694. The second-order valence-corrected chi connectivity index (χ2v) is 10.7. The van der Waals surface area contributed by atoms with Crippen LogP contribution in [0.15, 0.2) is 42.6 Å². The molecule has 2 aromatic carbocycles. The highest BCUT2D eigenvalue weighted by atomic mass is 32.1. The molecule has 2 aromatic heterocycles. The fourth-order valence-electron chi connectivity index (χ4n) is 4.51. The Morgan fingerprint density at radius 3 is 2.67 bits per heavy atom. The number of H-pyrrole nitrogens is 1. The van der Waals surface area contributed by atoms with E-state index in [1.54, 1.807) is 11.3 Å². The van der Waals surface area contributed by atoms with Crippen LogP contribution in [-0.4, -0.2) is 33.9 Å². The molecule has 5 heteroatoms. The number of para-hydroxylation sites is 1. The number of carbonyl (C=O) groups excluding carboxylic acids is 1. The summed E-state index contributed by atoms with van der Waals surface area (Å²) in [7, 11) is 0. The van der Waals surface area contributed by atoms with E-state index >= 15 is 0 Å². The number of thiazole rings is 1. The molecule has 4 aromatic rings. The monoisotopic (exact) mass is 457 g/mol. The van der Waals surface area contributed by atoms with Crippen LogP contribution >= 0.6 is 11.3 Å². The number of nitrogens with zero attached hydrogens (tertiary/aromatic N) is 2. The predicted octanol–water partition coefficient (Wildman–Crippen LogP) is 6.62. The highest BCUT2D eigenvalue weighted by molar-refractivity contribution is 7.15. The number of rotatable bonds is 7. The van der Waals surface area contributed by atoms with Gasteiger partial charge in [0.1, 0.15) is 5.69 Å². The van der Waals surface area contributed by atoms with Gasteiger partial charge in [-0.3, -0.25) is 4.79 Å². The van der Waals surface area contributed by atoms with Crippen molar-refractivity contribution in [1.29, 1.82) is 0 Å². The van der Waals surface area contributed by atoms with Crippen molar-refractivity contribution in [3.63, 3.8) is 0 Å². The summed E-state index contributed by atoms with van der Waals surface area (Å²) in [6.07, 6.45) is 5.38. The quantitative estimate of drug-likeness (QED) is 0.339. The van der Waals surface area contributed by atoms with Crippen molar-refractivity contribution in [3.8, 4) is 10.4 Å². The Morgan fingerprint density at radius 2 is 1.91 bits per heavy atom. The number of hydrogen-bond acceptors (Lipinski definition) is 3. The molecule has 0 spiro atoms. The molecule has 0 unspecified atom stereocenters. The molecule has 0 radical (unpaired) electrons. The molecule has 1 N–H and O–H groups in total. The predicted molar refractivity (Wildman–Crippen MR) is 137 cm³/mol. The van der Waals surface area contributed by atoms with Crippen molar-refractivity contribution in [2.24, 2.45) is 5.92 Å². The minimum atomic E-state index is 0.0653. The molecule has 33 heavy (non-hydrogen) atoms. The van der Waals surface area contributed by atoms with E-state index in [1.807, 2.05) is 11.8 Å². The van der Waals surface area contributed by atoms with Crippen molar-refractivity contribution in [2.45, 2.75) is 47.0 Å². The van der Waals surface area contributed by atoms with Crippen LogP contribution in [0, 0.1) is 33.6 Å². The molecule has 2 heterocycles. The van der Waals surface area contributed by atoms with Gasteiger partial charge in [0, 0.05) is 30.2 Å². The van der Waals surface area contributed by atoms with Crippen LogP contribution in [0.3, 0.4) is 0 Å². The molecule has 0 aliphatic heterocycles. The van der Waals surface area contributed by atoms with E-state index < -0.39 is 0 Å². The highest BCUT2D eigenvalue weighted by Gasteiger charge is 2.30. The van der Waals surface area contributed by atoms with E-state index in [4.69, 9.17) is 4.98 Å². The third-order valence-electron chi connectivity index (χ3n) is 6.83. The lowest BCUT2D eigenvalue weighted by molar-refractivity contribution is 0.0745. The van der Waals surface area contributed by atoms with Gasteiger partial charge in [0.05, 0.1) is 9.88 Å². The first-order chi connectivity index (χ1) is 15.9. The van der Waals surface area contributed by atoms with Gasteiger partial charge in [-0.25, -0.2) is 4.98 Å². The zero-order chi connectivity index (χ0) is 23.1. The number of nitrogens with one attached hydrogen (secondary N) is 1. The van der Waals surface area contributed by atoms with E-state index in [0.717, 1.165) is 28.4 Å². The van der Waals surface area contributed by atoms with Crippen molar-refractivity contribution in [3.05, 3.63) is 75.6 Å². The normalized spacial score (nSPS) is 13.6. The first-order valence-corrected chi connectivity index (χ1v) is 12.6. The van der Waals surface area contributed by atoms with E-state index in [2.05, 4.69) is 68.4 Å². The van der Waals surface area contributed by atoms with Crippen LogP contribution in [-0.2, 0) is 6.42 Å². The summed E-state index contributed by atoms with van der Waals surface area (Å²) in [6.45, 7) is 9.89. The molecular weight excluding hydrogens is 426 g/mol. The summed E-state index contributed by atoms with van der Waals surface area (Å²) in [5.41, 5.74) is 7.91. The molecular formula is C28H31N3OS. The zero-order valence-electron chi connectivity index (χ0n) is 19.9. The first-order valence-electron chi connectivity index (χ1n) is 11.8. The van der Waals surface area contributed by atoms with Gasteiger partial charge < -0.3 is 9.88 Å². The summed E-state index contributed by atoms with van der Waals surface area (Å²) < 4.78 is 0. The molecule has 1 aliphatic rings. The largest absolute Gasteiger partial charge is 0.361 e. The molecule has 0 saturated heterocycles. The first kappa shape index (κ1) is 21.9. The van der Waals surface area contributed by atoms with E-state index in [0.29, 0.717) is 18.2 Å². The van der Waals surface area contributed by atoms with Gasteiger partial charge in [-0.15, -0.1) is 11.3 Å². The Bertz CT molecular complexity index is 1330. The lowest BCUT2D eigenvalue weighted by Crippen LogP contribution is -2.35. The minimum absolute atomic E-state index is 0.0653. The molecule has 1 saturated carbocycles. The second kappa shape index (κ2) is 8.79. The van der Waals surface area contributed by atoms with Crippen LogP contribution in [0.4, 0.5) is 0 Å². The number of aromatic nitrogens is 2. The minimum Gasteiger partial charge on any atom is -0.361 e. The van der Waals surface area contributed by atoms with Gasteiger partial charge in [-0.1, -0.05) is 36.4 Å². The van der Waals surface area contributed by atoms with Gasteiger partial charge in [-0.2, -0.15) is 0 Å². The Labute approximate surface area is 199 Å². The van der Waals surface area contributed by atoms with E-state index in [1.165, 1.54) is 46.0 Å². The summed E-state index contributed by atoms with van der Waals surface area (Å²) in [5, 5.41) is 2.19. The number of aromatic amines is 1. The molecule has 170 valence electrons. The fraction of sp³-hybridized carbons (Fsp3) is 0.357. The topological polar surface area (TPSA) is 49.0 Å². The third kappa shape index (κ3) is 4.47. The second-order valence-electron chi connectivity index (χ2n) is 9.47. The number of benzene rings is 2. The Hall–Kier alpha value is -2.92. The Morgan fingerprint density at radius 1 is 1.09 bits per heavy atom. The van der Waals surface area contributed by atoms with Gasteiger partial charge in [-0.05, 0) is 80.7 Å². The zero-order valence-corrected chi connectivity index (χ0v) is 20.7. The van der Waals surface area contributed by atoms with Crippen molar-refractivity contribution >= 4 is 28.1 Å². The summed E-state index contributed by atoms with van der Waals surface area (Å²) in [4.78, 5) is 25.0. The van der Waals surface area contributed by atoms with Crippen molar-refractivity contribution < 1.29 is 4.79 Å².